The summed E-state index contributed by atoms with van der Waals surface area (Å²) in [7, 11) is 0. The molecule has 0 aliphatic carbocycles. The minimum Gasteiger partial charge on any atom is -0.354 e. The maximum absolute atomic E-state index is 11.8. The van der Waals surface area contributed by atoms with E-state index in [0.717, 1.165) is 31.8 Å². The van der Waals surface area contributed by atoms with Crippen LogP contribution in [0, 0.1) is 5.92 Å². The zero-order chi connectivity index (χ0) is 12.4. The summed E-state index contributed by atoms with van der Waals surface area (Å²) in [6, 6.07) is 0. The Hall–Kier alpha value is -0.220. The van der Waals surface area contributed by atoms with Gasteiger partial charge in [0.15, 0.2) is 0 Å². The van der Waals surface area contributed by atoms with E-state index in [2.05, 4.69) is 38.3 Å². The number of carbonyl (C=O) groups excluding carboxylic acids is 1. The van der Waals surface area contributed by atoms with E-state index < -0.39 is 0 Å². The lowest BCUT2D eigenvalue weighted by Gasteiger charge is -2.19. The van der Waals surface area contributed by atoms with E-state index in [-0.39, 0.29) is 11.2 Å². The molecule has 16 heavy (non-hydrogen) atoms. The molecule has 0 aliphatic rings. The summed E-state index contributed by atoms with van der Waals surface area (Å²) < 4.78 is 0. The van der Waals surface area contributed by atoms with E-state index in [0.29, 0.717) is 5.92 Å². The molecule has 0 aliphatic heterocycles. The molecule has 0 heterocycles. The number of hydrogen-bond donors (Lipinski definition) is 2. The summed E-state index contributed by atoms with van der Waals surface area (Å²) in [4.78, 5) is 11.8. The third-order valence-electron chi connectivity index (χ3n) is 2.24. The Bertz CT molecular complexity index is 186. The Morgan fingerprint density at radius 2 is 1.88 bits per heavy atom. The van der Waals surface area contributed by atoms with Gasteiger partial charge in [0, 0.05) is 13.1 Å². The van der Waals surface area contributed by atoms with Gasteiger partial charge in [-0.2, -0.15) is 0 Å². The number of rotatable bonds is 9. The van der Waals surface area contributed by atoms with Crippen LogP contribution < -0.4 is 10.6 Å². The van der Waals surface area contributed by atoms with Crippen LogP contribution in [0.1, 0.15) is 34.1 Å². The van der Waals surface area contributed by atoms with Gasteiger partial charge in [0.2, 0.25) is 5.91 Å². The summed E-state index contributed by atoms with van der Waals surface area (Å²) in [5.74, 6) is 1.57. The maximum Gasteiger partial charge on any atom is 0.233 e. The van der Waals surface area contributed by atoms with E-state index in [1.54, 1.807) is 11.8 Å². The predicted octanol–water partition coefficient (Wildman–Crippen LogP) is 1.88. The largest absolute Gasteiger partial charge is 0.354 e. The molecule has 0 radical (unpaired) electrons. The third-order valence-corrected chi connectivity index (χ3v) is 3.69. The molecule has 1 atom stereocenters. The molecule has 1 amide bonds. The van der Waals surface area contributed by atoms with Crippen LogP contribution in [0.25, 0.3) is 0 Å². The topological polar surface area (TPSA) is 41.1 Å². The number of nitrogens with one attached hydrogen (secondary N) is 2. The van der Waals surface area contributed by atoms with Crippen molar-refractivity contribution < 1.29 is 4.79 Å². The SMILES string of the molecule is CCCNCCNC(=O)C(SCC)C(C)C. The highest BCUT2D eigenvalue weighted by Crippen LogP contribution is 2.18. The van der Waals surface area contributed by atoms with Gasteiger partial charge in [-0.25, -0.2) is 0 Å². The summed E-state index contributed by atoms with van der Waals surface area (Å²) in [6.45, 7) is 11.0. The van der Waals surface area contributed by atoms with Crippen molar-refractivity contribution in [2.75, 3.05) is 25.4 Å². The van der Waals surface area contributed by atoms with Crippen molar-refractivity contribution in [1.82, 2.24) is 10.6 Å². The molecule has 0 fully saturated rings. The first-order valence-electron chi connectivity index (χ1n) is 6.23. The molecule has 3 nitrogen and oxygen atoms in total. The Morgan fingerprint density at radius 1 is 1.19 bits per heavy atom. The minimum absolute atomic E-state index is 0.0937. The number of carbonyl (C=O) groups is 1. The molecule has 0 spiro atoms. The third kappa shape index (κ3) is 7.12. The quantitative estimate of drug-likeness (QED) is 0.610. The van der Waals surface area contributed by atoms with Crippen molar-refractivity contribution in [2.24, 2.45) is 5.92 Å². The molecule has 0 aromatic heterocycles. The van der Waals surface area contributed by atoms with Crippen LogP contribution in [0.2, 0.25) is 0 Å². The maximum atomic E-state index is 11.8. The fourth-order valence-corrected chi connectivity index (χ4v) is 2.41. The first-order valence-corrected chi connectivity index (χ1v) is 7.28. The van der Waals surface area contributed by atoms with Crippen LogP contribution in [0.4, 0.5) is 0 Å². The van der Waals surface area contributed by atoms with E-state index in [4.69, 9.17) is 0 Å². The lowest BCUT2D eigenvalue weighted by Crippen LogP contribution is -2.39. The monoisotopic (exact) mass is 246 g/mol. The van der Waals surface area contributed by atoms with Crippen molar-refractivity contribution in [1.29, 1.82) is 0 Å². The summed E-state index contributed by atoms with van der Waals surface area (Å²) in [5.41, 5.74) is 0. The highest BCUT2D eigenvalue weighted by atomic mass is 32.2. The molecule has 0 rings (SSSR count). The summed E-state index contributed by atoms with van der Waals surface area (Å²) in [5, 5.41) is 6.35. The first kappa shape index (κ1) is 15.8. The molecule has 0 aromatic carbocycles. The van der Waals surface area contributed by atoms with Gasteiger partial charge in [-0.15, -0.1) is 11.8 Å². The van der Waals surface area contributed by atoms with Crippen molar-refractivity contribution >= 4 is 17.7 Å². The number of thioether (sulfide) groups is 1. The van der Waals surface area contributed by atoms with Gasteiger partial charge < -0.3 is 10.6 Å². The molecule has 2 N–H and O–H groups in total. The van der Waals surface area contributed by atoms with Gasteiger partial charge in [-0.05, 0) is 24.6 Å². The molecule has 96 valence electrons. The minimum atomic E-state index is 0.0937. The second-order valence-corrected chi connectivity index (χ2v) is 5.58. The lowest BCUT2D eigenvalue weighted by atomic mass is 10.1. The van der Waals surface area contributed by atoms with Crippen LogP contribution >= 0.6 is 11.8 Å². The van der Waals surface area contributed by atoms with Crippen LogP contribution in [-0.2, 0) is 4.79 Å². The molecule has 4 heteroatoms. The summed E-state index contributed by atoms with van der Waals surface area (Å²) in [6.07, 6.45) is 1.13. The fourth-order valence-electron chi connectivity index (χ4n) is 1.43. The van der Waals surface area contributed by atoms with Crippen LogP contribution in [0.15, 0.2) is 0 Å². The van der Waals surface area contributed by atoms with Gasteiger partial charge in [-0.3, -0.25) is 4.79 Å². The Morgan fingerprint density at radius 3 is 2.38 bits per heavy atom. The van der Waals surface area contributed by atoms with Gasteiger partial charge in [0.05, 0.1) is 5.25 Å². The van der Waals surface area contributed by atoms with E-state index >= 15 is 0 Å². The molecule has 0 bridgehead atoms. The summed E-state index contributed by atoms with van der Waals surface area (Å²) >= 11 is 1.73. The average Bonchev–Trinajstić information content (AvgIpc) is 2.24. The van der Waals surface area contributed by atoms with E-state index in [1.807, 2.05) is 0 Å². The average molecular weight is 246 g/mol. The van der Waals surface area contributed by atoms with Crippen LogP contribution in [-0.4, -0.2) is 36.5 Å². The predicted molar refractivity (Wildman–Crippen MR) is 72.9 cm³/mol. The Balaban J connectivity index is 3.74. The smallest absolute Gasteiger partial charge is 0.233 e. The molecule has 0 saturated carbocycles. The van der Waals surface area contributed by atoms with Crippen molar-refractivity contribution in [3.05, 3.63) is 0 Å². The highest BCUT2D eigenvalue weighted by Gasteiger charge is 2.21. The number of hydrogen-bond acceptors (Lipinski definition) is 3. The molecule has 1 unspecified atom stereocenters. The van der Waals surface area contributed by atoms with E-state index in [1.165, 1.54) is 0 Å². The Labute approximate surface area is 104 Å². The number of amides is 1. The normalized spacial score (nSPS) is 12.8. The van der Waals surface area contributed by atoms with E-state index in [9.17, 15) is 4.79 Å². The first-order chi connectivity index (χ1) is 7.63. The zero-order valence-electron chi connectivity index (χ0n) is 11.0. The Kier molecular flexibility index (Phi) is 9.83. The van der Waals surface area contributed by atoms with Gasteiger partial charge in [0.25, 0.3) is 0 Å². The van der Waals surface area contributed by atoms with Crippen LogP contribution in [0.5, 0.6) is 0 Å². The van der Waals surface area contributed by atoms with Crippen molar-refractivity contribution in [3.8, 4) is 0 Å². The van der Waals surface area contributed by atoms with Gasteiger partial charge in [-0.1, -0.05) is 27.7 Å². The fraction of sp³-hybridized carbons (Fsp3) is 0.917. The van der Waals surface area contributed by atoms with Gasteiger partial charge >= 0.3 is 0 Å². The molecule has 0 saturated heterocycles. The highest BCUT2D eigenvalue weighted by molar-refractivity contribution is 8.00. The molecular formula is C12H26N2OS. The zero-order valence-corrected chi connectivity index (χ0v) is 11.8. The van der Waals surface area contributed by atoms with Crippen LogP contribution in [0.3, 0.4) is 0 Å². The molecule has 0 aromatic rings. The van der Waals surface area contributed by atoms with Crippen molar-refractivity contribution in [2.45, 2.75) is 39.4 Å². The standard InChI is InChI=1S/C12H26N2OS/c1-5-7-13-8-9-14-12(15)11(10(3)4)16-6-2/h10-11,13H,5-9H2,1-4H3,(H,14,15). The second-order valence-electron chi connectivity index (χ2n) is 4.16. The lowest BCUT2D eigenvalue weighted by molar-refractivity contribution is -0.121. The van der Waals surface area contributed by atoms with Gasteiger partial charge in [0.1, 0.15) is 0 Å². The molecular weight excluding hydrogens is 220 g/mol. The second kappa shape index (κ2) is 9.97. The van der Waals surface area contributed by atoms with Crippen molar-refractivity contribution in [3.63, 3.8) is 0 Å².